The minimum atomic E-state index is -2.16. The summed E-state index contributed by atoms with van der Waals surface area (Å²) in [5.41, 5.74) is -6.01. The van der Waals surface area contributed by atoms with Crippen molar-refractivity contribution in [3.63, 3.8) is 0 Å². The molecule has 7 nitrogen and oxygen atoms in total. The van der Waals surface area contributed by atoms with Crippen molar-refractivity contribution in [2.75, 3.05) is 6.61 Å². The van der Waals surface area contributed by atoms with Gasteiger partial charge in [0.1, 0.15) is 18.9 Å². The number of rotatable bonds is 21. The van der Waals surface area contributed by atoms with Gasteiger partial charge in [-0.15, -0.1) is 0 Å². The fourth-order valence-corrected chi connectivity index (χ4v) is 11.3. The van der Waals surface area contributed by atoms with Crippen LogP contribution in [0.2, 0.25) is 0 Å². The van der Waals surface area contributed by atoms with Crippen LogP contribution in [0.5, 0.6) is 0 Å². The fourth-order valence-electron chi connectivity index (χ4n) is 11.3. The van der Waals surface area contributed by atoms with Gasteiger partial charge >= 0.3 is 5.97 Å². The van der Waals surface area contributed by atoms with Crippen LogP contribution in [0, 0.1) is 22.7 Å². The summed E-state index contributed by atoms with van der Waals surface area (Å²) in [6.07, 6.45) is 17.0. The monoisotopic (exact) mass is 734 g/mol. The minimum Gasteiger partial charge on any atom is -0.459 e. The zero-order valence-electron chi connectivity index (χ0n) is 32.7. The number of esters is 1. The third-order valence-electron chi connectivity index (χ3n) is 14.1. The van der Waals surface area contributed by atoms with Gasteiger partial charge in [-0.2, -0.15) is 0 Å². The van der Waals surface area contributed by atoms with E-state index in [4.69, 9.17) is 14.2 Å². The molecule has 4 fully saturated rings. The Labute approximate surface area is 311 Å². The maximum Gasteiger partial charge on any atom is 0.306 e. The number of alkyl halides is 2. The number of Topliss-reactive ketones (excluding diaryl/α,β-unsaturated/α-hetero) is 1. The normalized spacial score (nSPS) is 37.9. The first kappa shape index (κ1) is 41.5. The summed E-state index contributed by atoms with van der Waals surface area (Å²) >= 11 is 0. The Morgan fingerprint density at radius 1 is 0.885 bits per heavy atom. The molecule has 0 bridgehead atoms. The smallest absolute Gasteiger partial charge is 0.306 e. The average molecular weight is 735 g/mol. The van der Waals surface area contributed by atoms with Crippen LogP contribution >= 0.6 is 0 Å². The number of allylic oxidation sites excluding steroid dienone is 1. The van der Waals surface area contributed by atoms with E-state index >= 15 is 8.78 Å². The third-order valence-corrected chi connectivity index (χ3v) is 14.1. The van der Waals surface area contributed by atoms with Crippen molar-refractivity contribution < 1.29 is 42.5 Å². The van der Waals surface area contributed by atoms with Gasteiger partial charge in [0, 0.05) is 29.6 Å². The molecular weight excluding hydrogens is 666 g/mol. The van der Waals surface area contributed by atoms with E-state index in [1.165, 1.54) is 76.7 Å². The zero-order chi connectivity index (χ0) is 37.6. The summed E-state index contributed by atoms with van der Waals surface area (Å²) in [5.74, 6) is -2.68. The van der Waals surface area contributed by atoms with Crippen molar-refractivity contribution in [1.82, 2.24) is 0 Å². The zero-order valence-corrected chi connectivity index (χ0v) is 32.7. The number of ketones is 2. The molecule has 4 aliphatic carbocycles. The number of carbonyl (C=O) groups is 3. The molecule has 0 amide bonds. The summed E-state index contributed by atoms with van der Waals surface area (Å²) in [4.78, 5) is 39.9. The van der Waals surface area contributed by atoms with Crippen LogP contribution in [0.4, 0.5) is 8.78 Å². The van der Waals surface area contributed by atoms with Crippen LogP contribution < -0.4 is 0 Å². The van der Waals surface area contributed by atoms with Gasteiger partial charge in [-0.3, -0.25) is 14.4 Å². The van der Waals surface area contributed by atoms with E-state index < -0.39 is 77.0 Å². The van der Waals surface area contributed by atoms with Gasteiger partial charge in [0.2, 0.25) is 0 Å². The van der Waals surface area contributed by atoms with Gasteiger partial charge < -0.3 is 19.3 Å². The minimum absolute atomic E-state index is 0.0204. The number of hydrogen-bond acceptors (Lipinski definition) is 7. The lowest BCUT2D eigenvalue weighted by Gasteiger charge is -2.64. The average Bonchev–Trinajstić information content (AvgIpc) is 3.60. The highest BCUT2D eigenvalue weighted by Gasteiger charge is 2.80. The standard InChI is InChI=1S/C43H68F2O7/c1-5-7-8-9-10-11-12-13-14-15-16-17-18-19-20-22-38(49)50-37-28-41(4)31(27-36-43(41,35(48)29-46)52-39(51-36)21-6-2)32-26-34(44)33-25-30(47)23-24-40(33,3)42(32,37)45/h25,31-32,34,36-37,39,46H,5-24,26-29H2,1-4H3/t31-,32-,34-,36+,37-,39+,40-,41-,42-,43+/m0/s1. The number of halogens is 2. The van der Waals surface area contributed by atoms with Gasteiger partial charge in [-0.05, 0) is 56.1 Å². The van der Waals surface area contributed by atoms with E-state index in [1.807, 2.05) is 13.8 Å². The summed E-state index contributed by atoms with van der Waals surface area (Å²) in [6, 6.07) is 0. The van der Waals surface area contributed by atoms with Crippen LogP contribution in [0.1, 0.15) is 175 Å². The molecule has 0 spiro atoms. The Morgan fingerprint density at radius 2 is 1.48 bits per heavy atom. The first-order chi connectivity index (χ1) is 24.9. The third kappa shape index (κ3) is 7.72. The van der Waals surface area contributed by atoms with Gasteiger partial charge in [0.05, 0.1) is 6.10 Å². The Bertz CT molecular complexity index is 1270. The second-order valence-electron chi connectivity index (χ2n) is 17.4. The number of unbranched alkanes of at least 4 members (excludes halogenated alkanes) is 14. The molecule has 5 rings (SSSR count). The maximum absolute atomic E-state index is 18.6. The molecule has 0 aromatic carbocycles. The molecule has 9 heteroatoms. The summed E-state index contributed by atoms with van der Waals surface area (Å²) in [7, 11) is 0. The first-order valence-electron chi connectivity index (χ1n) is 21.2. The van der Waals surface area contributed by atoms with Gasteiger partial charge in [0.25, 0.3) is 0 Å². The number of aliphatic hydroxyl groups is 1. The predicted octanol–water partition coefficient (Wildman–Crippen LogP) is 9.79. The molecule has 3 saturated carbocycles. The molecule has 0 unspecified atom stereocenters. The van der Waals surface area contributed by atoms with E-state index in [-0.39, 0.29) is 49.9 Å². The second kappa shape index (κ2) is 17.8. The molecule has 52 heavy (non-hydrogen) atoms. The van der Waals surface area contributed by atoms with Crippen LogP contribution in [-0.2, 0) is 28.6 Å². The van der Waals surface area contributed by atoms with E-state index in [0.29, 0.717) is 12.8 Å². The van der Waals surface area contributed by atoms with Crippen LogP contribution in [0.15, 0.2) is 11.6 Å². The van der Waals surface area contributed by atoms with Crippen molar-refractivity contribution >= 4 is 17.5 Å². The lowest BCUT2D eigenvalue weighted by atomic mass is 9.43. The molecule has 0 aromatic heterocycles. The van der Waals surface area contributed by atoms with Gasteiger partial charge in [-0.1, -0.05) is 124 Å². The highest BCUT2D eigenvalue weighted by Crippen LogP contribution is 2.73. The largest absolute Gasteiger partial charge is 0.459 e. The van der Waals surface area contributed by atoms with Crippen molar-refractivity contribution in [3.8, 4) is 0 Å². The number of carbonyl (C=O) groups excluding carboxylic acids is 3. The molecule has 0 aromatic rings. The molecule has 296 valence electrons. The lowest BCUT2D eigenvalue weighted by Crippen LogP contribution is -2.72. The van der Waals surface area contributed by atoms with E-state index in [1.54, 1.807) is 6.92 Å². The van der Waals surface area contributed by atoms with Crippen LogP contribution in [-0.4, -0.2) is 65.2 Å². The number of hydrogen-bond donors (Lipinski definition) is 1. The predicted molar refractivity (Wildman–Crippen MR) is 197 cm³/mol. The summed E-state index contributed by atoms with van der Waals surface area (Å²) in [6.45, 7) is 7.03. The molecule has 1 saturated heterocycles. The van der Waals surface area contributed by atoms with Gasteiger partial charge in [0.15, 0.2) is 29.1 Å². The first-order valence-corrected chi connectivity index (χ1v) is 21.2. The van der Waals surface area contributed by atoms with Gasteiger partial charge in [-0.25, -0.2) is 8.78 Å². The quantitative estimate of drug-likeness (QED) is 0.0926. The fraction of sp³-hybridized carbons (Fsp3) is 0.884. The Hall–Kier alpha value is -1.71. The lowest BCUT2D eigenvalue weighted by molar-refractivity contribution is -0.249. The van der Waals surface area contributed by atoms with E-state index in [9.17, 15) is 19.5 Å². The van der Waals surface area contributed by atoms with Crippen molar-refractivity contribution in [2.45, 2.75) is 211 Å². The number of ether oxygens (including phenoxy) is 3. The molecule has 1 N–H and O–H groups in total. The summed E-state index contributed by atoms with van der Waals surface area (Å²) < 4.78 is 53.8. The van der Waals surface area contributed by atoms with Crippen molar-refractivity contribution in [1.29, 1.82) is 0 Å². The highest BCUT2D eigenvalue weighted by molar-refractivity contribution is 5.92. The molecule has 1 heterocycles. The molecule has 0 radical (unpaired) electrons. The highest BCUT2D eigenvalue weighted by atomic mass is 19.1. The van der Waals surface area contributed by atoms with Crippen LogP contribution in [0.3, 0.4) is 0 Å². The van der Waals surface area contributed by atoms with Crippen LogP contribution in [0.25, 0.3) is 0 Å². The van der Waals surface area contributed by atoms with E-state index in [0.717, 1.165) is 25.7 Å². The van der Waals surface area contributed by atoms with E-state index in [2.05, 4.69) is 6.92 Å². The molecule has 10 atom stereocenters. The molecule has 1 aliphatic heterocycles. The number of aliphatic hydroxyl groups excluding tert-OH is 1. The maximum atomic E-state index is 18.6. The topological polar surface area (TPSA) is 99.1 Å². The van der Waals surface area contributed by atoms with Crippen molar-refractivity contribution in [3.05, 3.63) is 11.6 Å². The summed E-state index contributed by atoms with van der Waals surface area (Å²) in [5, 5.41) is 10.2. The number of fused-ring (bicyclic) bond motifs is 7. The Morgan fingerprint density at radius 3 is 2.06 bits per heavy atom. The van der Waals surface area contributed by atoms with Crippen molar-refractivity contribution in [2.24, 2.45) is 22.7 Å². The Kier molecular flexibility index (Phi) is 14.2. The Balaban J connectivity index is 1.23. The second-order valence-corrected chi connectivity index (χ2v) is 17.4. The molecular formula is C43H68F2O7. The molecule has 5 aliphatic rings. The SMILES string of the molecule is CCCCCCCCCCCCCCCCCC(=O)O[C@H]1C[C@@]2(C)[C@@H](C[C@H]3O[C@@H](CCC)O[C@]32C(=O)CO)[C@@H]2C[C@H](F)C3=CC(=O)CC[C@]3(C)[C@@]12F.